The number of hydrogen-bond donors (Lipinski definition) is 2. The summed E-state index contributed by atoms with van der Waals surface area (Å²) < 4.78 is 1.01. The van der Waals surface area contributed by atoms with Crippen molar-refractivity contribution in [2.24, 2.45) is 0 Å². The van der Waals surface area contributed by atoms with Crippen LogP contribution in [0.5, 0.6) is 5.75 Å². The molecule has 2 rings (SSSR count). The molecule has 0 bridgehead atoms. The summed E-state index contributed by atoms with van der Waals surface area (Å²) in [4.78, 5) is 4.35. The number of aryl methyl sites for hydroxylation is 1. The Balaban J connectivity index is 2.07. The third-order valence-corrected chi connectivity index (χ3v) is 4.24. The number of hydrogen-bond acceptors (Lipinski definition) is 5. The van der Waals surface area contributed by atoms with Crippen LogP contribution in [-0.4, -0.2) is 10.1 Å². The topological polar surface area (TPSA) is 59.1 Å². The number of nitrogen functional groups attached to an aromatic ring is 1. The zero-order valence-electron chi connectivity index (χ0n) is 8.80. The molecular formula is C11H12N2OS2. The summed E-state index contributed by atoms with van der Waals surface area (Å²) in [7, 11) is 0. The van der Waals surface area contributed by atoms with Gasteiger partial charge in [0.25, 0.3) is 0 Å². The van der Waals surface area contributed by atoms with Crippen molar-refractivity contribution in [3.05, 3.63) is 34.8 Å². The van der Waals surface area contributed by atoms with Crippen LogP contribution in [-0.2, 0) is 5.75 Å². The molecular weight excluding hydrogens is 240 g/mol. The molecule has 0 aliphatic carbocycles. The molecule has 0 saturated heterocycles. The molecule has 2 aromatic rings. The van der Waals surface area contributed by atoms with Crippen molar-refractivity contribution in [1.29, 1.82) is 0 Å². The van der Waals surface area contributed by atoms with Gasteiger partial charge in [-0.1, -0.05) is 11.8 Å². The van der Waals surface area contributed by atoms with Crippen molar-refractivity contribution in [2.75, 3.05) is 5.73 Å². The smallest absolute Gasteiger partial charge is 0.150 e. The third kappa shape index (κ3) is 2.68. The lowest BCUT2D eigenvalue weighted by Gasteiger charge is -2.03. The van der Waals surface area contributed by atoms with E-state index in [-0.39, 0.29) is 5.75 Å². The minimum Gasteiger partial charge on any atom is -0.508 e. The fourth-order valence-electron chi connectivity index (χ4n) is 1.26. The van der Waals surface area contributed by atoms with Gasteiger partial charge in [0, 0.05) is 28.1 Å². The predicted molar refractivity (Wildman–Crippen MR) is 68.9 cm³/mol. The van der Waals surface area contributed by atoms with E-state index in [1.54, 1.807) is 41.3 Å². The SMILES string of the molecule is Cc1csc(SCc2cc(N)ccc2O)n1. The highest BCUT2D eigenvalue weighted by molar-refractivity contribution is 8.00. The summed E-state index contributed by atoms with van der Waals surface area (Å²) in [5, 5.41) is 11.6. The number of phenolic OH excluding ortho intramolecular Hbond substituents is 1. The Morgan fingerprint density at radius 2 is 2.31 bits per heavy atom. The summed E-state index contributed by atoms with van der Waals surface area (Å²) in [6.45, 7) is 1.97. The van der Waals surface area contributed by atoms with Gasteiger partial charge in [-0.25, -0.2) is 4.98 Å². The lowest BCUT2D eigenvalue weighted by atomic mass is 10.2. The second kappa shape index (κ2) is 4.76. The molecule has 0 unspecified atom stereocenters. The summed E-state index contributed by atoms with van der Waals surface area (Å²) in [5.41, 5.74) is 8.21. The van der Waals surface area contributed by atoms with E-state index < -0.39 is 0 Å². The van der Waals surface area contributed by atoms with Crippen LogP contribution in [0.3, 0.4) is 0 Å². The Bertz CT molecular complexity index is 496. The average molecular weight is 252 g/mol. The number of nitrogens with zero attached hydrogens (tertiary/aromatic N) is 1. The van der Waals surface area contributed by atoms with Gasteiger partial charge in [-0.2, -0.15) is 0 Å². The number of thioether (sulfide) groups is 1. The van der Waals surface area contributed by atoms with E-state index in [0.29, 0.717) is 11.4 Å². The monoisotopic (exact) mass is 252 g/mol. The number of rotatable bonds is 3. The van der Waals surface area contributed by atoms with Crippen molar-refractivity contribution < 1.29 is 5.11 Å². The van der Waals surface area contributed by atoms with Crippen molar-refractivity contribution in [3.63, 3.8) is 0 Å². The highest BCUT2D eigenvalue weighted by Gasteiger charge is 2.04. The molecule has 0 aliphatic rings. The van der Waals surface area contributed by atoms with Gasteiger partial charge in [0.2, 0.25) is 0 Å². The molecule has 0 spiro atoms. The maximum atomic E-state index is 9.63. The third-order valence-electron chi connectivity index (χ3n) is 2.05. The first-order valence-electron chi connectivity index (χ1n) is 4.77. The van der Waals surface area contributed by atoms with Crippen LogP contribution < -0.4 is 5.73 Å². The van der Waals surface area contributed by atoms with Crippen molar-refractivity contribution in [2.45, 2.75) is 17.0 Å². The molecule has 5 heteroatoms. The van der Waals surface area contributed by atoms with Gasteiger partial charge < -0.3 is 10.8 Å². The molecule has 84 valence electrons. The Morgan fingerprint density at radius 3 is 3.00 bits per heavy atom. The zero-order chi connectivity index (χ0) is 11.5. The number of aromatic nitrogens is 1. The molecule has 3 nitrogen and oxygen atoms in total. The molecule has 0 amide bonds. The molecule has 0 saturated carbocycles. The van der Waals surface area contributed by atoms with E-state index in [9.17, 15) is 5.11 Å². The Kier molecular flexibility index (Phi) is 3.36. The summed E-state index contributed by atoms with van der Waals surface area (Å²) >= 11 is 3.23. The van der Waals surface area contributed by atoms with E-state index >= 15 is 0 Å². The van der Waals surface area contributed by atoms with Crippen LogP contribution in [0.4, 0.5) is 5.69 Å². The minimum absolute atomic E-state index is 0.287. The first-order valence-corrected chi connectivity index (χ1v) is 6.64. The number of aromatic hydroxyl groups is 1. The van der Waals surface area contributed by atoms with E-state index in [4.69, 9.17) is 5.73 Å². The fraction of sp³-hybridized carbons (Fsp3) is 0.182. The quantitative estimate of drug-likeness (QED) is 0.501. The van der Waals surface area contributed by atoms with Gasteiger partial charge in [-0.15, -0.1) is 11.3 Å². The molecule has 0 radical (unpaired) electrons. The van der Waals surface area contributed by atoms with Crippen LogP contribution in [0.1, 0.15) is 11.3 Å². The van der Waals surface area contributed by atoms with Crippen LogP contribution in [0, 0.1) is 6.92 Å². The largest absolute Gasteiger partial charge is 0.508 e. The van der Waals surface area contributed by atoms with Crippen molar-refractivity contribution in [3.8, 4) is 5.75 Å². The van der Waals surface area contributed by atoms with Gasteiger partial charge in [0.15, 0.2) is 0 Å². The van der Waals surface area contributed by atoms with E-state index in [1.807, 2.05) is 12.3 Å². The molecule has 0 atom stereocenters. The number of anilines is 1. The van der Waals surface area contributed by atoms with E-state index in [0.717, 1.165) is 15.6 Å². The lowest BCUT2D eigenvalue weighted by molar-refractivity contribution is 0.471. The molecule has 1 aromatic carbocycles. The second-order valence-corrected chi connectivity index (χ2v) is 5.51. The van der Waals surface area contributed by atoms with Crippen LogP contribution in [0.2, 0.25) is 0 Å². The van der Waals surface area contributed by atoms with Gasteiger partial charge >= 0.3 is 0 Å². The van der Waals surface area contributed by atoms with Gasteiger partial charge in [-0.05, 0) is 25.1 Å². The summed E-state index contributed by atoms with van der Waals surface area (Å²) in [6, 6.07) is 5.11. The Hall–Kier alpha value is -1.20. The fourth-order valence-corrected chi connectivity index (χ4v) is 3.09. The number of benzene rings is 1. The van der Waals surface area contributed by atoms with Crippen LogP contribution >= 0.6 is 23.1 Å². The first kappa shape index (κ1) is 11.3. The Labute approximate surface area is 102 Å². The normalized spacial score (nSPS) is 10.6. The number of thiazole rings is 1. The first-order chi connectivity index (χ1) is 7.65. The second-order valence-electron chi connectivity index (χ2n) is 3.43. The maximum Gasteiger partial charge on any atom is 0.150 e. The summed E-state index contributed by atoms with van der Waals surface area (Å²) in [6.07, 6.45) is 0. The average Bonchev–Trinajstić information content (AvgIpc) is 2.66. The lowest BCUT2D eigenvalue weighted by Crippen LogP contribution is -1.88. The highest BCUT2D eigenvalue weighted by atomic mass is 32.2. The van der Waals surface area contributed by atoms with Gasteiger partial charge in [0.05, 0.1) is 0 Å². The molecule has 0 fully saturated rings. The van der Waals surface area contributed by atoms with E-state index in [2.05, 4.69) is 4.98 Å². The minimum atomic E-state index is 0.287. The number of phenols is 1. The zero-order valence-corrected chi connectivity index (χ0v) is 10.4. The maximum absolute atomic E-state index is 9.63. The number of nitrogens with two attached hydrogens (primary N) is 1. The van der Waals surface area contributed by atoms with Crippen LogP contribution in [0.15, 0.2) is 27.9 Å². The Morgan fingerprint density at radius 1 is 1.50 bits per heavy atom. The summed E-state index contributed by atoms with van der Waals surface area (Å²) in [5.74, 6) is 0.971. The predicted octanol–water partition coefficient (Wildman–Crippen LogP) is 3.03. The van der Waals surface area contributed by atoms with Crippen molar-refractivity contribution >= 4 is 28.8 Å². The molecule has 1 heterocycles. The molecule has 3 N–H and O–H groups in total. The molecule has 1 aromatic heterocycles. The molecule has 16 heavy (non-hydrogen) atoms. The van der Waals surface area contributed by atoms with Crippen molar-refractivity contribution in [1.82, 2.24) is 4.98 Å². The van der Waals surface area contributed by atoms with E-state index in [1.165, 1.54) is 0 Å². The van der Waals surface area contributed by atoms with Gasteiger partial charge in [0.1, 0.15) is 10.1 Å². The standard InChI is InChI=1S/C11H12N2OS2/c1-7-5-15-11(13-7)16-6-8-4-9(12)2-3-10(8)14/h2-5,14H,6,12H2,1H3. The molecule has 0 aliphatic heterocycles. The van der Waals surface area contributed by atoms with Gasteiger partial charge in [-0.3, -0.25) is 0 Å². The van der Waals surface area contributed by atoms with Crippen LogP contribution in [0.25, 0.3) is 0 Å². The highest BCUT2D eigenvalue weighted by Crippen LogP contribution is 2.30.